The van der Waals surface area contributed by atoms with Gasteiger partial charge in [0.15, 0.2) is 6.04 Å². The van der Waals surface area contributed by atoms with Gasteiger partial charge in [-0.3, -0.25) is 4.79 Å². The van der Waals surface area contributed by atoms with E-state index in [4.69, 9.17) is 10.2 Å². The van der Waals surface area contributed by atoms with E-state index in [0.29, 0.717) is 0 Å². The van der Waals surface area contributed by atoms with Crippen LogP contribution < -0.4 is 0 Å². The highest BCUT2D eigenvalue weighted by molar-refractivity contribution is 5.83. The lowest BCUT2D eigenvalue weighted by Crippen LogP contribution is -2.44. The quantitative estimate of drug-likeness (QED) is 0.444. The molecule has 1 rings (SSSR count). The van der Waals surface area contributed by atoms with Crippen LogP contribution in [-0.4, -0.2) is 56.9 Å². The number of amides is 1. The fourth-order valence-electron chi connectivity index (χ4n) is 1.42. The Kier molecular flexibility index (Phi) is 2.53. The van der Waals surface area contributed by atoms with Crippen molar-refractivity contribution in [2.45, 2.75) is 25.2 Å². The number of carbonyl (C=O) groups is 2. The van der Waals surface area contributed by atoms with E-state index in [0.717, 1.165) is 4.90 Å². The highest BCUT2D eigenvalue weighted by atomic mass is 16.4. The van der Waals surface area contributed by atoms with Crippen molar-refractivity contribution in [1.82, 2.24) is 4.90 Å². The molecule has 0 aliphatic carbocycles. The maximum atomic E-state index is 10.9. The molecule has 13 heavy (non-hydrogen) atoms. The number of hydrogen-bond donors (Lipinski definition) is 3. The van der Waals surface area contributed by atoms with Gasteiger partial charge in [-0.25, -0.2) is 4.79 Å². The third-order valence-corrected chi connectivity index (χ3v) is 2.09. The molecule has 0 aromatic carbocycles. The van der Waals surface area contributed by atoms with Crippen LogP contribution in [-0.2, 0) is 9.59 Å². The van der Waals surface area contributed by atoms with Crippen molar-refractivity contribution in [3.63, 3.8) is 0 Å². The van der Waals surface area contributed by atoms with Gasteiger partial charge in [0, 0.05) is 6.92 Å². The van der Waals surface area contributed by atoms with Gasteiger partial charge in [0.25, 0.3) is 0 Å². The van der Waals surface area contributed by atoms with Crippen LogP contribution in [0.5, 0.6) is 0 Å². The highest BCUT2D eigenvalue weighted by Gasteiger charge is 2.45. The Morgan fingerprint density at radius 1 is 1.38 bits per heavy atom. The van der Waals surface area contributed by atoms with Crippen LogP contribution in [0.3, 0.4) is 0 Å². The minimum Gasteiger partial charge on any atom is -0.480 e. The summed E-state index contributed by atoms with van der Waals surface area (Å²) in [4.78, 5) is 22.4. The number of hydrogen-bond acceptors (Lipinski definition) is 4. The number of carboxylic acids is 1. The van der Waals surface area contributed by atoms with Crippen molar-refractivity contribution in [3.8, 4) is 0 Å². The average Bonchev–Trinajstić information content (AvgIpc) is 2.28. The number of aliphatic carboxylic acids is 1. The van der Waals surface area contributed by atoms with Gasteiger partial charge < -0.3 is 20.2 Å². The van der Waals surface area contributed by atoms with Crippen molar-refractivity contribution in [2.24, 2.45) is 0 Å². The number of rotatable bonds is 1. The Morgan fingerprint density at radius 3 is 2.23 bits per heavy atom. The Bertz CT molecular complexity index is 241. The summed E-state index contributed by atoms with van der Waals surface area (Å²) in [6.45, 7) is 1.06. The molecule has 6 heteroatoms. The summed E-state index contributed by atoms with van der Waals surface area (Å²) < 4.78 is 0. The maximum absolute atomic E-state index is 10.9. The molecule has 1 aliphatic rings. The number of aliphatic hydroxyl groups excluding tert-OH is 2. The van der Waals surface area contributed by atoms with Crippen LogP contribution in [0.1, 0.15) is 6.92 Å². The lowest BCUT2D eigenvalue weighted by molar-refractivity contribution is -0.150. The first-order valence-electron chi connectivity index (χ1n) is 3.81. The van der Waals surface area contributed by atoms with Crippen molar-refractivity contribution in [3.05, 3.63) is 0 Å². The molecule has 3 atom stereocenters. The van der Waals surface area contributed by atoms with Gasteiger partial charge in [-0.2, -0.15) is 0 Å². The minimum absolute atomic E-state index is 0.131. The van der Waals surface area contributed by atoms with Crippen molar-refractivity contribution >= 4 is 11.9 Å². The molecular weight excluding hydrogens is 178 g/mol. The number of carbonyl (C=O) groups excluding carboxylic acids is 1. The van der Waals surface area contributed by atoms with E-state index in [1.54, 1.807) is 0 Å². The summed E-state index contributed by atoms with van der Waals surface area (Å²) in [6, 6.07) is -1.33. The predicted octanol–water partition coefficient (Wildman–Crippen LogP) is -1.98. The van der Waals surface area contributed by atoms with Gasteiger partial charge in [-0.15, -0.1) is 0 Å². The van der Waals surface area contributed by atoms with Crippen LogP contribution in [0.25, 0.3) is 0 Å². The first-order chi connectivity index (χ1) is 5.95. The zero-order valence-corrected chi connectivity index (χ0v) is 7.04. The molecule has 1 heterocycles. The first-order valence-corrected chi connectivity index (χ1v) is 3.81. The smallest absolute Gasteiger partial charge is 0.329 e. The Morgan fingerprint density at radius 2 is 1.92 bits per heavy atom. The Balaban J connectivity index is 2.86. The topological polar surface area (TPSA) is 98.1 Å². The van der Waals surface area contributed by atoms with Crippen molar-refractivity contribution < 1.29 is 24.9 Å². The zero-order valence-electron chi connectivity index (χ0n) is 7.04. The third kappa shape index (κ3) is 1.63. The van der Waals surface area contributed by atoms with Gasteiger partial charge >= 0.3 is 5.97 Å². The normalized spacial score (nSPS) is 33.5. The second kappa shape index (κ2) is 3.31. The number of aliphatic hydroxyl groups is 2. The molecule has 74 valence electrons. The van der Waals surface area contributed by atoms with E-state index in [1.807, 2.05) is 0 Å². The fraction of sp³-hybridized carbons (Fsp3) is 0.714. The van der Waals surface area contributed by atoms with Crippen LogP contribution in [0.2, 0.25) is 0 Å². The van der Waals surface area contributed by atoms with Crippen LogP contribution in [0, 0.1) is 0 Å². The number of β-amino-alcohol motifs (C(OH)–C–C–N with tert-alkyl or cyclic N) is 1. The number of nitrogens with zero attached hydrogens (tertiary/aromatic N) is 1. The van der Waals surface area contributed by atoms with E-state index >= 15 is 0 Å². The molecule has 1 amide bonds. The van der Waals surface area contributed by atoms with Gasteiger partial charge in [-0.1, -0.05) is 0 Å². The Hall–Kier alpha value is -1.14. The van der Waals surface area contributed by atoms with Crippen molar-refractivity contribution in [1.29, 1.82) is 0 Å². The monoisotopic (exact) mass is 189 g/mol. The summed E-state index contributed by atoms with van der Waals surface area (Å²) in [7, 11) is 0. The van der Waals surface area contributed by atoms with E-state index in [2.05, 4.69) is 0 Å². The molecule has 0 spiro atoms. The van der Waals surface area contributed by atoms with E-state index in [1.165, 1.54) is 6.92 Å². The Labute approximate surface area is 74.4 Å². The van der Waals surface area contributed by atoms with Gasteiger partial charge in [-0.05, 0) is 0 Å². The summed E-state index contributed by atoms with van der Waals surface area (Å²) in [5.74, 6) is -1.78. The maximum Gasteiger partial charge on any atom is 0.329 e. The van der Waals surface area contributed by atoms with Gasteiger partial charge in [0.05, 0.1) is 6.54 Å². The molecule has 0 saturated carbocycles. The predicted molar refractivity (Wildman–Crippen MR) is 40.8 cm³/mol. The molecule has 0 aromatic heterocycles. The molecule has 1 fully saturated rings. The molecule has 0 aromatic rings. The number of likely N-dealkylation sites (tertiary alicyclic amines) is 1. The lowest BCUT2D eigenvalue weighted by atomic mass is 10.1. The van der Waals surface area contributed by atoms with E-state index in [-0.39, 0.29) is 6.54 Å². The summed E-state index contributed by atoms with van der Waals surface area (Å²) in [5.41, 5.74) is 0. The van der Waals surface area contributed by atoms with Gasteiger partial charge in [0.1, 0.15) is 12.2 Å². The SMILES string of the molecule is CC(=O)N1C[C@@H](O)[C@@H](O)[C@@H]1C(=O)O. The molecule has 1 aliphatic heterocycles. The average molecular weight is 189 g/mol. The van der Waals surface area contributed by atoms with Crippen LogP contribution in [0.4, 0.5) is 0 Å². The third-order valence-electron chi connectivity index (χ3n) is 2.09. The molecule has 3 N–H and O–H groups in total. The van der Waals surface area contributed by atoms with Crippen LogP contribution in [0.15, 0.2) is 0 Å². The van der Waals surface area contributed by atoms with E-state index in [9.17, 15) is 14.7 Å². The highest BCUT2D eigenvalue weighted by Crippen LogP contribution is 2.18. The molecular formula is C7H11NO5. The van der Waals surface area contributed by atoms with Crippen LogP contribution >= 0.6 is 0 Å². The minimum atomic E-state index is -1.40. The molecule has 0 unspecified atom stereocenters. The molecule has 0 radical (unpaired) electrons. The summed E-state index contributed by atoms with van der Waals surface area (Å²) >= 11 is 0. The van der Waals surface area contributed by atoms with E-state index < -0.39 is 30.1 Å². The summed E-state index contributed by atoms with van der Waals surface area (Å²) in [5, 5.41) is 27.0. The molecule has 6 nitrogen and oxygen atoms in total. The fourth-order valence-corrected chi connectivity index (χ4v) is 1.42. The standard InChI is InChI=1S/C7H11NO5/c1-3(9)8-2-4(10)6(11)5(8)7(12)13/h4-6,10-11H,2H2,1H3,(H,12,13)/t4-,5-,6-/m1/s1. The zero-order chi connectivity index (χ0) is 10.2. The lowest BCUT2D eigenvalue weighted by Gasteiger charge is -2.20. The first kappa shape index (κ1) is 9.94. The molecule has 0 bridgehead atoms. The van der Waals surface area contributed by atoms with Gasteiger partial charge in [0.2, 0.25) is 5.91 Å². The largest absolute Gasteiger partial charge is 0.480 e. The van der Waals surface area contributed by atoms with Crippen molar-refractivity contribution in [2.75, 3.05) is 6.54 Å². The second-order valence-electron chi connectivity index (χ2n) is 3.01. The molecule has 1 saturated heterocycles. The summed E-state index contributed by atoms with van der Waals surface area (Å²) in [6.07, 6.45) is -2.58. The number of carboxylic acid groups (broad SMARTS) is 1. The second-order valence-corrected chi connectivity index (χ2v) is 3.01.